The molecule has 0 bridgehead atoms. The minimum atomic E-state index is -4.68. The van der Waals surface area contributed by atoms with E-state index in [0.717, 1.165) is 25.8 Å². The summed E-state index contributed by atoms with van der Waals surface area (Å²) in [6.45, 7) is 8.35. The SMILES string of the molecule is CC(C)[C@H]1CCCCN1Cc1cc2c(c(C(F)(F)F)c1)CN(c1cc(-c3cc(C(C)(C)F)ccc3-c3nncn3C)cc(NCCCC#N)n1)C2=O. The zero-order chi connectivity index (χ0) is 37.4. The number of aryl methyl sites for hydroxylation is 1. The highest BCUT2D eigenvalue weighted by Gasteiger charge is 2.41. The molecule has 2 aliphatic rings. The number of benzene rings is 2. The molecule has 13 heteroatoms. The van der Waals surface area contributed by atoms with Crippen molar-refractivity contribution >= 4 is 17.5 Å². The van der Waals surface area contributed by atoms with Gasteiger partial charge in [-0.15, -0.1) is 10.2 Å². The van der Waals surface area contributed by atoms with Crippen LogP contribution in [0.1, 0.15) is 92.4 Å². The lowest BCUT2D eigenvalue weighted by Crippen LogP contribution is -2.42. The fraction of sp³-hybridized carbons (Fsp3) is 0.462. The van der Waals surface area contributed by atoms with Crippen molar-refractivity contribution in [3.63, 3.8) is 0 Å². The number of pyridine rings is 1. The lowest BCUT2D eigenvalue weighted by Gasteiger charge is -2.38. The summed E-state index contributed by atoms with van der Waals surface area (Å²) in [6, 6.07) is 13.7. The first-order valence-corrected chi connectivity index (χ1v) is 17.8. The van der Waals surface area contributed by atoms with Gasteiger partial charge in [0.2, 0.25) is 0 Å². The largest absolute Gasteiger partial charge is 0.416 e. The Balaban J connectivity index is 1.45. The van der Waals surface area contributed by atoms with Gasteiger partial charge in [0.15, 0.2) is 5.82 Å². The first kappa shape index (κ1) is 36.9. The second kappa shape index (κ2) is 14.7. The summed E-state index contributed by atoms with van der Waals surface area (Å²) >= 11 is 0. The summed E-state index contributed by atoms with van der Waals surface area (Å²) in [5.41, 5.74) is 0.0271. The normalized spacial score (nSPS) is 16.8. The number of fused-ring (bicyclic) bond motifs is 1. The average molecular weight is 717 g/mol. The number of halogens is 4. The molecule has 274 valence electrons. The van der Waals surface area contributed by atoms with Crippen LogP contribution >= 0.6 is 0 Å². The van der Waals surface area contributed by atoms with Crippen LogP contribution in [0.25, 0.3) is 22.5 Å². The number of unbranched alkanes of at least 4 members (excludes halogenated alkanes) is 1. The van der Waals surface area contributed by atoms with E-state index in [0.29, 0.717) is 71.3 Å². The third-order valence-corrected chi connectivity index (χ3v) is 10.1. The van der Waals surface area contributed by atoms with Crippen LogP contribution in [0.2, 0.25) is 0 Å². The van der Waals surface area contributed by atoms with Gasteiger partial charge < -0.3 is 9.88 Å². The Morgan fingerprint density at radius 3 is 2.50 bits per heavy atom. The molecule has 4 aromatic rings. The maximum Gasteiger partial charge on any atom is 0.416 e. The van der Waals surface area contributed by atoms with Crippen LogP contribution in [-0.2, 0) is 32.0 Å². The van der Waals surface area contributed by atoms with Crippen LogP contribution in [0.4, 0.5) is 29.2 Å². The molecule has 9 nitrogen and oxygen atoms in total. The van der Waals surface area contributed by atoms with E-state index in [2.05, 4.69) is 40.3 Å². The predicted molar refractivity (Wildman–Crippen MR) is 192 cm³/mol. The molecular formula is C39H44F4N8O. The van der Waals surface area contributed by atoms with Gasteiger partial charge in [-0.25, -0.2) is 9.37 Å². The van der Waals surface area contributed by atoms with E-state index in [4.69, 9.17) is 10.2 Å². The Hall–Kier alpha value is -4.83. The van der Waals surface area contributed by atoms with E-state index >= 15 is 4.39 Å². The Kier molecular flexibility index (Phi) is 10.4. The average Bonchev–Trinajstić information content (AvgIpc) is 3.67. The maximum absolute atomic E-state index is 15.4. The first-order valence-electron chi connectivity index (χ1n) is 17.8. The molecule has 0 spiro atoms. The third kappa shape index (κ3) is 7.67. The minimum Gasteiger partial charge on any atom is -0.370 e. The highest BCUT2D eigenvalue weighted by atomic mass is 19.4. The Bertz CT molecular complexity index is 1990. The second-order valence-corrected chi connectivity index (χ2v) is 14.6. The number of amides is 1. The van der Waals surface area contributed by atoms with Crippen molar-refractivity contribution < 1.29 is 22.4 Å². The number of nitriles is 1. The molecule has 0 unspecified atom stereocenters. The van der Waals surface area contributed by atoms with Gasteiger partial charge in [0.25, 0.3) is 5.91 Å². The van der Waals surface area contributed by atoms with Gasteiger partial charge in [0.1, 0.15) is 23.6 Å². The number of aromatic nitrogens is 4. The van der Waals surface area contributed by atoms with Crippen LogP contribution in [0.15, 0.2) is 48.8 Å². The molecule has 0 saturated carbocycles. The van der Waals surface area contributed by atoms with Gasteiger partial charge >= 0.3 is 6.18 Å². The Morgan fingerprint density at radius 1 is 1.04 bits per heavy atom. The summed E-state index contributed by atoms with van der Waals surface area (Å²) in [5, 5.41) is 20.6. The maximum atomic E-state index is 15.4. The third-order valence-electron chi connectivity index (χ3n) is 10.1. The van der Waals surface area contributed by atoms with Crippen molar-refractivity contribution in [1.82, 2.24) is 24.6 Å². The number of carbonyl (C=O) groups is 1. The van der Waals surface area contributed by atoms with Crippen molar-refractivity contribution in [1.29, 1.82) is 5.26 Å². The molecule has 0 radical (unpaired) electrons. The number of alkyl halides is 4. The molecule has 4 heterocycles. The molecule has 1 amide bonds. The van der Waals surface area contributed by atoms with Crippen LogP contribution in [0.3, 0.4) is 0 Å². The van der Waals surface area contributed by atoms with Gasteiger partial charge in [-0.2, -0.15) is 18.4 Å². The highest BCUT2D eigenvalue weighted by Crippen LogP contribution is 2.42. The second-order valence-electron chi connectivity index (χ2n) is 14.6. The van der Waals surface area contributed by atoms with Crippen LogP contribution in [0.5, 0.6) is 0 Å². The van der Waals surface area contributed by atoms with E-state index in [9.17, 15) is 18.0 Å². The standard InChI is InChI=1S/C39H44F4N8O/c1-24(2)33-10-6-9-15-50(33)21-25-16-30-31(32(17-25)39(41,42)43)22-51(37(30)52)35-19-26(18-34(47-35)45-14-8-7-13-44)29-20-27(38(3,4)40)11-12-28(29)36-48-46-23-49(36)5/h11-12,16-20,23-24,33H,6-10,14-15,21-22H2,1-5H3,(H,45,47)/t33-/m1/s1. The lowest BCUT2D eigenvalue weighted by atomic mass is 9.91. The van der Waals surface area contributed by atoms with Crippen molar-refractivity contribution in [2.24, 2.45) is 13.0 Å². The molecule has 2 aromatic heterocycles. The van der Waals surface area contributed by atoms with Gasteiger partial charge in [-0.05, 0) is 104 Å². The van der Waals surface area contributed by atoms with Crippen LogP contribution in [0, 0.1) is 17.2 Å². The van der Waals surface area contributed by atoms with Gasteiger partial charge in [-0.3, -0.25) is 14.6 Å². The summed E-state index contributed by atoms with van der Waals surface area (Å²) in [4.78, 5) is 22.4. The van der Waals surface area contributed by atoms with Crippen molar-refractivity contribution in [2.75, 3.05) is 23.3 Å². The number of nitrogens with zero attached hydrogens (tertiary/aromatic N) is 7. The molecule has 1 saturated heterocycles. The number of rotatable bonds is 11. The number of hydrogen-bond acceptors (Lipinski definition) is 7. The lowest BCUT2D eigenvalue weighted by molar-refractivity contribution is -0.138. The molecule has 1 N–H and O–H groups in total. The molecule has 1 atom stereocenters. The first-order chi connectivity index (χ1) is 24.7. The monoisotopic (exact) mass is 716 g/mol. The molecular weight excluding hydrogens is 672 g/mol. The van der Waals surface area contributed by atoms with E-state index in [1.54, 1.807) is 54.3 Å². The quantitative estimate of drug-likeness (QED) is 0.122. The van der Waals surface area contributed by atoms with E-state index in [-0.39, 0.29) is 29.5 Å². The fourth-order valence-electron chi connectivity index (χ4n) is 7.36. The smallest absolute Gasteiger partial charge is 0.370 e. The van der Waals surface area contributed by atoms with Crippen LogP contribution in [-0.4, -0.2) is 49.7 Å². The molecule has 2 aliphatic heterocycles. The Labute approximate surface area is 301 Å². The number of nitrogens with one attached hydrogen (secondary N) is 1. The molecule has 0 aliphatic carbocycles. The molecule has 52 heavy (non-hydrogen) atoms. The van der Waals surface area contributed by atoms with Crippen LogP contribution < -0.4 is 10.2 Å². The fourth-order valence-corrected chi connectivity index (χ4v) is 7.36. The summed E-state index contributed by atoms with van der Waals surface area (Å²) in [6.07, 6.45) is 0.750. The van der Waals surface area contributed by atoms with Crippen molar-refractivity contribution in [2.45, 2.75) is 90.8 Å². The summed E-state index contributed by atoms with van der Waals surface area (Å²) < 4.78 is 61.3. The topological polar surface area (TPSA) is 103 Å². The van der Waals surface area contributed by atoms with Gasteiger partial charge in [0.05, 0.1) is 18.2 Å². The van der Waals surface area contributed by atoms with Gasteiger partial charge in [0, 0.05) is 43.7 Å². The Morgan fingerprint density at radius 2 is 1.83 bits per heavy atom. The highest BCUT2D eigenvalue weighted by molar-refractivity contribution is 6.10. The molecule has 2 aromatic carbocycles. The van der Waals surface area contributed by atoms with E-state index in [1.165, 1.54) is 24.8 Å². The minimum absolute atomic E-state index is 0.0135. The number of anilines is 2. The molecule has 1 fully saturated rings. The summed E-state index contributed by atoms with van der Waals surface area (Å²) in [7, 11) is 1.78. The number of hydrogen-bond donors (Lipinski definition) is 1. The number of carbonyl (C=O) groups excluding carboxylic acids is 1. The van der Waals surface area contributed by atoms with Gasteiger partial charge in [-0.1, -0.05) is 32.4 Å². The number of piperidine rings is 1. The zero-order valence-corrected chi connectivity index (χ0v) is 30.2. The van der Waals surface area contributed by atoms with E-state index < -0.39 is 23.3 Å². The summed E-state index contributed by atoms with van der Waals surface area (Å²) in [5.74, 6) is 0.778. The number of likely N-dealkylation sites (tertiary alicyclic amines) is 1. The van der Waals surface area contributed by atoms with Crippen molar-refractivity contribution in [3.8, 4) is 28.6 Å². The molecule has 6 rings (SSSR count). The van der Waals surface area contributed by atoms with Crippen molar-refractivity contribution in [3.05, 3.63) is 76.6 Å². The zero-order valence-electron chi connectivity index (χ0n) is 30.2. The van der Waals surface area contributed by atoms with E-state index in [1.807, 2.05) is 0 Å². The predicted octanol–water partition coefficient (Wildman–Crippen LogP) is 8.65.